The molecule has 20 heavy (non-hydrogen) atoms. The van der Waals surface area contributed by atoms with Gasteiger partial charge < -0.3 is 20.3 Å². The second-order valence-corrected chi connectivity index (χ2v) is 4.58. The Morgan fingerprint density at radius 3 is 2.90 bits per heavy atom. The Labute approximate surface area is 118 Å². The molecule has 6 heteroatoms. The number of ether oxygens (including phenoxy) is 1. The molecule has 0 unspecified atom stereocenters. The summed E-state index contributed by atoms with van der Waals surface area (Å²) in [5, 5.41) is 5.47. The molecule has 3 amide bonds. The summed E-state index contributed by atoms with van der Waals surface area (Å²) in [5.41, 5.74) is 1.38. The van der Waals surface area contributed by atoms with Crippen molar-refractivity contribution < 1.29 is 14.3 Å². The monoisotopic (exact) mass is 277 g/mol. The predicted octanol–water partition coefficient (Wildman–Crippen LogP) is 1.96. The molecule has 0 atom stereocenters. The maximum atomic E-state index is 11.6. The molecule has 1 heterocycles. The predicted molar refractivity (Wildman–Crippen MR) is 77.3 cm³/mol. The molecular formula is C14H19N3O3. The summed E-state index contributed by atoms with van der Waals surface area (Å²) in [6.45, 7) is 5.15. The van der Waals surface area contributed by atoms with Crippen LogP contribution in [0.2, 0.25) is 0 Å². The summed E-state index contributed by atoms with van der Waals surface area (Å²) in [7, 11) is 0. The molecular weight excluding hydrogens is 258 g/mol. The Balaban J connectivity index is 2.11. The maximum absolute atomic E-state index is 11.6. The average molecular weight is 277 g/mol. The normalized spacial score (nSPS) is 13.2. The molecule has 1 aromatic carbocycles. The first kappa shape index (κ1) is 14.2. The van der Waals surface area contributed by atoms with Crippen LogP contribution in [0.25, 0.3) is 0 Å². The lowest BCUT2D eigenvalue weighted by Crippen LogP contribution is -2.36. The van der Waals surface area contributed by atoms with Crippen molar-refractivity contribution in [3.8, 4) is 5.75 Å². The Hall–Kier alpha value is -2.24. The number of fused-ring (bicyclic) bond motifs is 1. The highest BCUT2D eigenvalue weighted by Gasteiger charge is 2.21. The van der Waals surface area contributed by atoms with E-state index in [0.29, 0.717) is 31.1 Å². The third-order valence-corrected chi connectivity index (χ3v) is 3.00. The number of carbonyl (C=O) groups excluding carboxylic acids is 2. The fourth-order valence-electron chi connectivity index (χ4n) is 2.04. The van der Waals surface area contributed by atoms with Gasteiger partial charge in [-0.25, -0.2) is 4.79 Å². The van der Waals surface area contributed by atoms with Crippen molar-refractivity contribution in [1.82, 2.24) is 5.32 Å². The number of benzene rings is 1. The average Bonchev–Trinajstić information content (AvgIpc) is 2.44. The molecule has 0 saturated carbocycles. The van der Waals surface area contributed by atoms with Gasteiger partial charge in [0.2, 0.25) is 5.91 Å². The minimum absolute atomic E-state index is 0.0176. The highest BCUT2D eigenvalue weighted by Crippen LogP contribution is 2.34. The first-order chi connectivity index (χ1) is 9.61. The van der Waals surface area contributed by atoms with Gasteiger partial charge in [0, 0.05) is 25.2 Å². The maximum Gasteiger partial charge on any atom is 0.319 e. The molecule has 6 nitrogen and oxygen atoms in total. The van der Waals surface area contributed by atoms with Gasteiger partial charge in [-0.05, 0) is 18.6 Å². The van der Waals surface area contributed by atoms with Gasteiger partial charge in [0.15, 0.2) is 0 Å². The first-order valence-electron chi connectivity index (χ1n) is 6.71. The molecule has 0 saturated heterocycles. The molecule has 0 radical (unpaired) electrons. The summed E-state index contributed by atoms with van der Waals surface area (Å²) >= 11 is 0. The first-order valence-corrected chi connectivity index (χ1v) is 6.71. The van der Waals surface area contributed by atoms with Crippen LogP contribution in [-0.2, 0) is 4.79 Å². The molecule has 2 N–H and O–H groups in total. The van der Waals surface area contributed by atoms with Gasteiger partial charge in [-0.3, -0.25) is 4.79 Å². The molecule has 1 aliphatic rings. The Bertz CT molecular complexity index is 516. The summed E-state index contributed by atoms with van der Waals surface area (Å²) in [6, 6.07) is 5.03. The van der Waals surface area contributed by atoms with E-state index in [2.05, 4.69) is 10.6 Å². The number of nitrogens with zero attached hydrogens (tertiary/aromatic N) is 1. The van der Waals surface area contributed by atoms with Gasteiger partial charge >= 0.3 is 6.03 Å². The van der Waals surface area contributed by atoms with E-state index in [-0.39, 0.29) is 11.9 Å². The van der Waals surface area contributed by atoms with E-state index >= 15 is 0 Å². The van der Waals surface area contributed by atoms with Crippen LogP contribution in [0, 0.1) is 0 Å². The van der Waals surface area contributed by atoms with E-state index in [1.165, 1.54) is 6.92 Å². The van der Waals surface area contributed by atoms with Gasteiger partial charge in [0.05, 0.1) is 12.2 Å². The van der Waals surface area contributed by atoms with Crippen molar-refractivity contribution in [3.05, 3.63) is 18.2 Å². The van der Waals surface area contributed by atoms with Crippen LogP contribution in [0.5, 0.6) is 5.75 Å². The van der Waals surface area contributed by atoms with Crippen LogP contribution < -0.4 is 20.3 Å². The van der Waals surface area contributed by atoms with Crippen LogP contribution in [-0.4, -0.2) is 31.6 Å². The number of nitrogens with one attached hydrogen (secondary N) is 2. The van der Waals surface area contributed by atoms with E-state index in [0.717, 1.165) is 12.1 Å². The van der Waals surface area contributed by atoms with E-state index in [9.17, 15) is 9.59 Å². The zero-order chi connectivity index (χ0) is 14.5. The van der Waals surface area contributed by atoms with Crippen LogP contribution in [0.3, 0.4) is 0 Å². The SMILES string of the molecule is CCCNC(=O)Nc1ccc2c(c1)OCCN2C(C)=O. The number of rotatable bonds is 3. The van der Waals surface area contributed by atoms with Gasteiger partial charge in [-0.15, -0.1) is 0 Å². The van der Waals surface area contributed by atoms with Crippen molar-refractivity contribution >= 4 is 23.3 Å². The number of amides is 3. The molecule has 1 aliphatic heterocycles. The lowest BCUT2D eigenvalue weighted by Gasteiger charge is -2.29. The summed E-state index contributed by atoms with van der Waals surface area (Å²) in [6.07, 6.45) is 0.883. The van der Waals surface area contributed by atoms with Crippen molar-refractivity contribution in [1.29, 1.82) is 0 Å². The second kappa shape index (κ2) is 6.27. The number of urea groups is 1. The third kappa shape index (κ3) is 3.20. The van der Waals surface area contributed by atoms with Gasteiger partial charge in [-0.2, -0.15) is 0 Å². The van der Waals surface area contributed by atoms with Gasteiger partial charge in [0.1, 0.15) is 12.4 Å². The minimum Gasteiger partial charge on any atom is -0.489 e. The fraction of sp³-hybridized carbons (Fsp3) is 0.429. The smallest absolute Gasteiger partial charge is 0.319 e. The van der Waals surface area contributed by atoms with E-state index in [4.69, 9.17) is 4.74 Å². The third-order valence-electron chi connectivity index (χ3n) is 3.00. The van der Waals surface area contributed by atoms with Gasteiger partial charge in [0.25, 0.3) is 0 Å². The van der Waals surface area contributed by atoms with Gasteiger partial charge in [-0.1, -0.05) is 6.92 Å². The Morgan fingerprint density at radius 2 is 2.20 bits per heavy atom. The highest BCUT2D eigenvalue weighted by molar-refractivity contribution is 5.95. The number of carbonyl (C=O) groups is 2. The van der Waals surface area contributed by atoms with E-state index in [1.54, 1.807) is 23.1 Å². The minimum atomic E-state index is -0.244. The topological polar surface area (TPSA) is 70.7 Å². The Kier molecular flexibility index (Phi) is 4.45. The summed E-state index contributed by atoms with van der Waals surface area (Å²) in [4.78, 5) is 24.8. The summed E-state index contributed by atoms with van der Waals surface area (Å²) in [5.74, 6) is 0.593. The van der Waals surface area contributed by atoms with Crippen LogP contribution in [0.15, 0.2) is 18.2 Å². The van der Waals surface area contributed by atoms with Crippen LogP contribution in [0.1, 0.15) is 20.3 Å². The van der Waals surface area contributed by atoms with E-state index < -0.39 is 0 Å². The lowest BCUT2D eigenvalue weighted by atomic mass is 10.2. The molecule has 108 valence electrons. The standard InChI is InChI=1S/C14H19N3O3/c1-3-6-15-14(19)16-11-4-5-12-13(9-11)20-8-7-17(12)10(2)18/h4-5,9H,3,6-8H2,1-2H3,(H2,15,16,19). The van der Waals surface area contributed by atoms with Crippen molar-refractivity contribution in [3.63, 3.8) is 0 Å². The fourth-order valence-corrected chi connectivity index (χ4v) is 2.04. The largest absolute Gasteiger partial charge is 0.489 e. The van der Waals surface area contributed by atoms with Crippen molar-refractivity contribution in [2.75, 3.05) is 29.9 Å². The van der Waals surface area contributed by atoms with E-state index in [1.807, 2.05) is 6.92 Å². The lowest BCUT2D eigenvalue weighted by molar-refractivity contribution is -0.116. The highest BCUT2D eigenvalue weighted by atomic mass is 16.5. The molecule has 0 bridgehead atoms. The van der Waals surface area contributed by atoms with Crippen LogP contribution >= 0.6 is 0 Å². The summed E-state index contributed by atoms with van der Waals surface area (Å²) < 4.78 is 5.54. The second-order valence-electron chi connectivity index (χ2n) is 4.58. The zero-order valence-electron chi connectivity index (χ0n) is 11.7. The number of hydrogen-bond acceptors (Lipinski definition) is 3. The molecule has 0 aliphatic carbocycles. The Morgan fingerprint density at radius 1 is 1.40 bits per heavy atom. The molecule has 0 aromatic heterocycles. The molecule has 1 aromatic rings. The molecule has 0 fully saturated rings. The molecule has 2 rings (SSSR count). The van der Waals surface area contributed by atoms with Crippen LogP contribution in [0.4, 0.5) is 16.2 Å². The number of anilines is 2. The van der Waals surface area contributed by atoms with Crippen molar-refractivity contribution in [2.24, 2.45) is 0 Å². The number of hydrogen-bond donors (Lipinski definition) is 2. The molecule has 0 spiro atoms. The zero-order valence-corrected chi connectivity index (χ0v) is 11.7. The quantitative estimate of drug-likeness (QED) is 0.887. The van der Waals surface area contributed by atoms with Crippen molar-refractivity contribution in [2.45, 2.75) is 20.3 Å².